The first kappa shape index (κ1) is 16.0. The zero-order valence-corrected chi connectivity index (χ0v) is 11.8. The van der Waals surface area contributed by atoms with Crippen molar-refractivity contribution in [3.05, 3.63) is 29.8 Å². The summed E-state index contributed by atoms with van der Waals surface area (Å²) in [4.78, 5) is 11.9. The molecule has 0 aliphatic heterocycles. The van der Waals surface area contributed by atoms with Crippen LogP contribution in [0.15, 0.2) is 24.3 Å². The minimum Gasteiger partial charge on any atom is -0.405 e. The molecular formula is C13H14BrF3O2. The Kier molecular flexibility index (Phi) is 6.34. The quantitative estimate of drug-likeness (QED) is 0.408. The maximum Gasteiger partial charge on any atom is 0.573 e. The average molecular weight is 339 g/mol. The van der Waals surface area contributed by atoms with Crippen molar-refractivity contribution in [2.45, 2.75) is 32.0 Å². The largest absolute Gasteiger partial charge is 0.573 e. The van der Waals surface area contributed by atoms with E-state index in [1.807, 2.05) is 0 Å². The molecule has 0 amide bonds. The van der Waals surface area contributed by atoms with Gasteiger partial charge in [0, 0.05) is 11.8 Å². The van der Waals surface area contributed by atoms with E-state index in [0.717, 1.165) is 24.2 Å². The monoisotopic (exact) mass is 338 g/mol. The van der Waals surface area contributed by atoms with Crippen molar-refractivity contribution in [3.8, 4) is 5.75 Å². The zero-order valence-electron chi connectivity index (χ0n) is 10.2. The Morgan fingerprint density at radius 3 is 2.47 bits per heavy atom. The molecule has 0 atom stereocenters. The highest BCUT2D eigenvalue weighted by Crippen LogP contribution is 2.27. The van der Waals surface area contributed by atoms with Crippen LogP contribution in [-0.4, -0.2) is 17.5 Å². The molecule has 1 aromatic carbocycles. The van der Waals surface area contributed by atoms with Gasteiger partial charge in [0.1, 0.15) is 5.75 Å². The van der Waals surface area contributed by atoms with Crippen molar-refractivity contribution < 1.29 is 22.7 Å². The van der Waals surface area contributed by atoms with Crippen LogP contribution >= 0.6 is 15.9 Å². The van der Waals surface area contributed by atoms with Gasteiger partial charge in [-0.1, -0.05) is 34.5 Å². The van der Waals surface area contributed by atoms with Gasteiger partial charge in [-0.15, -0.1) is 13.2 Å². The van der Waals surface area contributed by atoms with Gasteiger partial charge in [-0.3, -0.25) is 4.79 Å². The summed E-state index contributed by atoms with van der Waals surface area (Å²) in [6, 6.07) is 5.44. The lowest BCUT2D eigenvalue weighted by Crippen LogP contribution is -2.19. The number of hydrogen-bond donors (Lipinski definition) is 0. The molecule has 0 unspecified atom stereocenters. The van der Waals surface area contributed by atoms with Crippen LogP contribution in [0.4, 0.5) is 13.2 Å². The van der Waals surface area contributed by atoms with Crippen molar-refractivity contribution in [1.82, 2.24) is 0 Å². The number of ketones is 1. The number of alkyl halides is 4. The van der Waals surface area contributed by atoms with Crippen molar-refractivity contribution in [3.63, 3.8) is 0 Å². The van der Waals surface area contributed by atoms with Gasteiger partial charge in [-0.05, 0) is 25.0 Å². The molecule has 6 heteroatoms. The predicted molar refractivity (Wildman–Crippen MR) is 69.7 cm³/mol. The van der Waals surface area contributed by atoms with Gasteiger partial charge < -0.3 is 4.74 Å². The van der Waals surface area contributed by atoms with Crippen molar-refractivity contribution in [2.24, 2.45) is 0 Å². The van der Waals surface area contributed by atoms with Crippen molar-refractivity contribution in [1.29, 1.82) is 0 Å². The Morgan fingerprint density at radius 2 is 1.84 bits per heavy atom. The van der Waals surface area contributed by atoms with Crippen LogP contribution in [0, 0.1) is 0 Å². The van der Waals surface area contributed by atoms with Crippen molar-refractivity contribution in [2.75, 3.05) is 5.33 Å². The Morgan fingerprint density at radius 1 is 1.16 bits per heavy atom. The van der Waals surface area contributed by atoms with E-state index in [0.29, 0.717) is 6.42 Å². The third kappa shape index (κ3) is 6.09. The first-order valence-corrected chi connectivity index (χ1v) is 7.00. The standard InChI is InChI=1S/C13H14BrF3O2/c14-9-5-1-2-7-11(18)10-6-3-4-8-12(10)19-13(15,16)17/h3-4,6,8H,1-2,5,7,9H2. The van der Waals surface area contributed by atoms with E-state index >= 15 is 0 Å². The van der Waals surface area contributed by atoms with Gasteiger partial charge in [0.25, 0.3) is 0 Å². The second-order valence-electron chi connectivity index (χ2n) is 3.97. The molecule has 0 aliphatic rings. The predicted octanol–water partition coefficient (Wildman–Crippen LogP) is 4.72. The van der Waals surface area contributed by atoms with Gasteiger partial charge in [-0.25, -0.2) is 0 Å². The van der Waals surface area contributed by atoms with Crippen LogP contribution in [0.2, 0.25) is 0 Å². The summed E-state index contributed by atoms with van der Waals surface area (Å²) in [7, 11) is 0. The highest BCUT2D eigenvalue weighted by molar-refractivity contribution is 9.09. The van der Waals surface area contributed by atoms with Crippen LogP contribution in [0.3, 0.4) is 0 Å². The maximum absolute atomic E-state index is 12.2. The Balaban J connectivity index is 2.68. The van der Waals surface area contributed by atoms with Gasteiger partial charge in [-0.2, -0.15) is 0 Å². The summed E-state index contributed by atoms with van der Waals surface area (Å²) in [6.07, 6.45) is -2.10. The second kappa shape index (κ2) is 7.53. The molecule has 0 N–H and O–H groups in total. The summed E-state index contributed by atoms with van der Waals surface area (Å²) in [5.41, 5.74) is -0.0151. The van der Waals surface area contributed by atoms with E-state index in [1.165, 1.54) is 18.2 Å². The lowest BCUT2D eigenvalue weighted by molar-refractivity contribution is -0.274. The molecule has 0 radical (unpaired) electrons. The number of Topliss-reactive ketones (excluding diaryl/α,β-unsaturated/α-hetero) is 1. The Labute approximate surface area is 118 Å². The summed E-state index contributed by atoms with van der Waals surface area (Å²) in [6.45, 7) is 0. The number of carbonyl (C=O) groups excluding carboxylic acids is 1. The topological polar surface area (TPSA) is 26.3 Å². The maximum atomic E-state index is 12.2. The molecule has 2 nitrogen and oxygen atoms in total. The zero-order chi connectivity index (χ0) is 14.3. The molecule has 106 valence electrons. The van der Waals surface area contributed by atoms with Crippen LogP contribution < -0.4 is 4.74 Å². The van der Waals surface area contributed by atoms with Gasteiger partial charge in [0.2, 0.25) is 0 Å². The van der Waals surface area contributed by atoms with E-state index in [1.54, 1.807) is 0 Å². The molecule has 19 heavy (non-hydrogen) atoms. The Hall–Kier alpha value is -1.04. The molecule has 1 rings (SSSR count). The van der Waals surface area contributed by atoms with Crippen LogP contribution in [0.25, 0.3) is 0 Å². The van der Waals surface area contributed by atoms with Crippen LogP contribution in [0.5, 0.6) is 5.75 Å². The van der Waals surface area contributed by atoms with E-state index < -0.39 is 12.1 Å². The fourth-order valence-electron chi connectivity index (χ4n) is 1.60. The van der Waals surface area contributed by atoms with Crippen LogP contribution in [-0.2, 0) is 0 Å². The number of benzene rings is 1. The third-order valence-corrected chi connectivity index (χ3v) is 3.01. The van der Waals surface area contributed by atoms with Crippen molar-refractivity contribution >= 4 is 21.7 Å². The number of rotatable bonds is 7. The number of hydrogen-bond acceptors (Lipinski definition) is 2. The summed E-state index contributed by atoms with van der Waals surface area (Å²) >= 11 is 3.28. The Bertz CT molecular complexity index is 419. The lowest BCUT2D eigenvalue weighted by Gasteiger charge is -2.12. The second-order valence-corrected chi connectivity index (χ2v) is 4.76. The first-order chi connectivity index (χ1) is 8.94. The number of carbonyl (C=O) groups is 1. The first-order valence-electron chi connectivity index (χ1n) is 5.88. The number of ether oxygens (including phenoxy) is 1. The fourth-order valence-corrected chi connectivity index (χ4v) is 2.00. The summed E-state index contributed by atoms with van der Waals surface area (Å²) < 4.78 is 40.4. The minimum atomic E-state index is -4.79. The fraction of sp³-hybridized carbons (Fsp3) is 0.462. The normalized spacial score (nSPS) is 11.4. The average Bonchev–Trinajstić information content (AvgIpc) is 2.33. The molecule has 0 heterocycles. The highest BCUT2D eigenvalue weighted by atomic mass is 79.9. The molecule has 0 aliphatic carbocycles. The number of unbranched alkanes of at least 4 members (excludes halogenated alkanes) is 2. The van der Waals surface area contributed by atoms with E-state index in [9.17, 15) is 18.0 Å². The molecule has 0 aromatic heterocycles. The van der Waals surface area contributed by atoms with E-state index in [-0.39, 0.29) is 17.8 Å². The molecule has 0 saturated carbocycles. The third-order valence-electron chi connectivity index (χ3n) is 2.45. The number of halogens is 4. The minimum absolute atomic E-state index is 0.0151. The molecule has 0 bridgehead atoms. The van der Waals surface area contributed by atoms with E-state index in [4.69, 9.17) is 0 Å². The van der Waals surface area contributed by atoms with Gasteiger partial charge in [0.05, 0.1) is 5.56 Å². The summed E-state index contributed by atoms with van der Waals surface area (Å²) in [5, 5.41) is 0.856. The van der Waals surface area contributed by atoms with Gasteiger partial charge in [0.15, 0.2) is 5.78 Å². The van der Waals surface area contributed by atoms with E-state index in [2.05, 4.69) is 20.7 Å². The lowest BCUT2D eigenvalue weighted by atomic mass is 10.0. The highest BCUT2D eigenvalue weighted by Gasteiger charge is 2.32. The van der Waals surface area contributed by atoms with Gasteiger partial charge >= 0.3 is 6.36 Å². The van der Waals surface area contributed by atoms with Crippen LogP contribution in [0.1, 0.15) is 36.0 Å². The molecule has 0 saturated heterocycles. The molecule has 0 spiro atoms. The summed E-state index contributed by atoms with van der Waals surface area (Å²) in [5.74, 6) is -0.755. The number of para-hydroxylation sites is 1. The smallest absolute Gasteiger partial charge is 0.405 e. The molecule has 1 aromatic rings. The molecular weight excluding hydrogens is 325 g/mol. The molecule has 0 fully saturated rings. The SMILES string of the molecule is O=C(CCCCCBr)c1ccccc1OC(F)(F)F.